The van der Waals surface area contributed by atoms with E-state index < -0.39 is 8.07 Å². The van der Waals surface area contributed by atoms with Crippen molar-refractivity contribution in [3.63, 3.8) is 0 Å². The second-order valence-corrected chi connectivity index (χ2v) is 13.0. The topological polar surface area (TPSA) is 4.93 Å². The van der Waals surface area contributed by atoms with Gasteiger partial charge in [-0.25, -0.2) is 0 Å². The Labute approximate surface area is 133 Å². The molecular weight excluding hydrogens is 282 g/mol. The number of benzene rings is 2. The summed E-state index contributed by atoms with van der Waals surface area (Å²) in [5, 5.41) is 1.45. The summed E-state index contributed by atoms with van der Waals surface area (Å²) >= 11 is 0. The highest BCUT2D eigenvalue weighted by molar-refractivity contribution is 6.78. The molecule has 0 amide bonds. The molecule has 0 N–H and O–H groups in total. The maximum atomic E-state index is 2.50. The van der Waals surface area contributed by atoms with Gasteiger partial charge in [-0.05, 0) is 29.7 Å². The van der Waals surface area contributed by atoms with Crippen molar-refractivity contribution in [3.8, 4) is 11.3 Å². The lowest BCUT2D eigenvalue weighted by Crippen LogP contribution is -2.30. The van der Waals surface area contributed by atoms with Crippen LogP contribution in [0.2, 0.25) is 19.6 Å². The number of hydrogen-bond donors (Lipinski definition) is 0. The second kappa shape index (κ2) is 4.36. The van der Waals surface area contributed by atoms with Crippen molar-refractivity contribution in [2.24, 2.45) is 7.05 Å². The fourth-order valence-corrected chi connectivity index (χ4v) is 6.56. The maximum absolute atomic E-state index is 2.50. The third-order valence-electron chi connectivity index (χ3n) is 5.08. The molecule has 0 spiro atoms. The zero-order valence-corrected chi connectivity index (χ0v) is 15.1. The first-order valence-corrected chi connectivity index (χ1v) is 11.7. The van der Waals surface area contributed by atoms with Crippen molar-refractivity contribution >= 4 is 19.0 Å². The molecule has 0 saturated heterocycles. The Balaban J connectivity index is 2.17. The van der Waals surface area contributed by atoms with E-state index in [0.717, 1.165) is 0 Å². The molecule has 2 aromatic carbocycles. The van der Waals surface area contributed by atoms with Gasteiger partial charge in [-0.15, -0.1) is 0 Å². The molecule has 112 valence electrons. The third kappa shape index (κ3) is 1.70. The van der Waals surface area contributed by atoms with E-state index in [1.54, 1.807) is 11.1 Å². The van der Waals surface area contributed by atoms with Crippen LogP contribution in [0, 0.1) is 6.92 Å². The standard InChI is InChI=1S/C20H23NSi/c1-13-10-11-16-17(12-13)21(2)19-14-8-6-7-9-15(14)20(18(16)19)22(3,4)5/h6-12,20H,1-5H3. The van der Waals surface area contributed by atoms with Crippen LogP contribution in [0.1, 0.15) is 22.2 Å². The van der Waals surface area contributed by atoms with Gasteiger partial charge in [0.2, 0.25) is 0 Å². The van der Waals surface area contributed by atoms with E-state index in [0.29, 0.717) is 5.54 Å². The number of fused-ring (bicyclic) bond motifs is 5. The lowest BCUT2D eigenvalue weighted by molar-refractivity contribution is 0.976. The highest BCUT2D eigenvalue weighted by Gasteiger charge is 2.40. The largest absolute Gasteiger partial charge is 0.343 e. The van der Waals surface area contributed by atoms with E-state index >= 15 is 0 Å². The minimum Gasteiger partial charge on any atom is -0.343 e. The number of aromatic nitrogens is 1. The van der Waals surface area contributed by atoms with Gasteiger partial charge in [0.15, 0.2) is 0 Å². The van der Waals surface area contributed by atoms with Crippen molar-refractivity contribution in [2.45, 2.75) is 32.1 Å². The van der Waals surface area contributed by atoms with Crippen LogP contribution in [0.5, 0.6) is 0 Å². The van der Waals surface area contributed by atoms with Crippen molar-refractivity contribution in [1.82, 2.24) is 4.57 Å². The summed E-state index contributed by atoms with van der Waals surface area (Å²) in [6.45, 7) is 9.67. The highest BCUT2D eigenvalue weighted by Crippen LogP contribution is 2.52. The molecule has 0 aliphatic heterocycles. The molecule has 1 aliphatic carbocycles. The first-order chi connectivity index (χ1) is 10.4. The van der Waals surface area contributed by atoms with E-state index in [4.69, 9.17) is 0 Å². The van der Waals surface area contributed by atoms with Gasteiger partial charge in [-0.2, -0.15) is 0 Å². The second-order valence-electron chi connectivity index (χ2n) is 7.73. The molecule has 0 bridgehead atoms. The van der Waals surface area contributed by atoms with Gasteiger partial charge in [-0.1, -0.05) is 56.0 Å². The summed E-state index contributed by atoms with van der Waals surface area (Å²) in [6.07, 6.45) is 0. The maximum Gasteiger partial charge on any atom is 0.0575 e. The Morgan fingerprint density at radius 1 is 1.00 bits per heavy atom. The molecule has 3 aromatic rings. The van der Waals surface area contributed by atoms with Crippen LogP contribution in [-0.2, 0) is 7.05 Å². The number of aryl methyl sites for hydroxylation is 2. The van der Waals surface area contributed by atoms with Gasteiger partial charge in [0.25, 0.3) is 0 Å². The highest BCUT2D eigenvalue weighted by atomic mass is 28.3. The summed E-state index contributed by atoms with van der Waals surface area (Å²) in [7, 11) is 0.869. The minimum atomic E-state index is -1.36. The quantitative estimate of drug-likeness (QED) is 0.525. The molecule has 4 rings (SSSR count). The number of nitrogens with zero attached hydrogens (tertiary/aromatic N) is 1. The Bertz CT molecular complexity index is 896. The lowest BCUT2D eigenvalue weighted by Gasteiger charge is -2.27. The Morgan fingerprint density at radius 3 is 2.45 bits per heavy atom. The minimum absolute atomic E-state index is 0.602. The van der Waals surface area contributed by atoms with E-state index in [1.165, 1.54) is 27.7 Å². The summed E-state index contributed by atoms with van der Waals surface area (Å²) in [5.41, 5.74) is 9.34. The fraction of sp³-hybridized carbons (Fsp3) is 0.300. The normalized spacial score (nSPS) is 16.9. The SMILES string of the molecule is Cc1ccc2c3c(n(C)c2c1)-c1ccccc1C3[Si](C)(C)C. The van der Waals surface area contributed by atoms with Crippen LogP contribution in [0.3, 0.4) is 0 Å². The van der Waals surface area contributed by atoms with Crippen LogP contribution >= 0.6 is 0 Å². The molecule has 0 saturated carbocycles. The Hall–Kier alpha value is -1.80. The van der Waals surface area contributed by atoms with E-state index in [9.17, 15) is 0 Å². The van der Waals surface area contributed by atoms with Gasteiger partial charge in [-0.3, -0.25) is 0 Å². The zero-order chi connectivity index (χ0) is 15.6. The average molecular weight is 305 g/mol. The molecule has 1 aliphatic rings. The predicted octanol–water partition coefficient (Wildman–Crippen LogP) is 5.48. The van der Waals surface area contributed by atoms with E-state index in [-0.39, 0.29) is 0 Å². The molecular formula is C20H23NSi. The van der Waals surface area contributed by atoms with E-state index in [2.05, 4.69) is 80.6 Å². The van der Waals surface area contributed by atoms with Crippen molar-refractivity contribution in [1.29, 1.82) is 0 Å². The summed E-state index contributed by atoms with van der Waals surface area (Å²) in [6, 6.07) is 16.0. The first kappa shape index (κ1) is 13.8. The van der Waals surface area contributed by atoms with Gasteiger partial charge < -0.3 is 4.57 Å². The van der Waals surface area contributed by atoms with E-state index in [1.807, 2.05) is 0 Å². The van der Waals surface area contributed by atoms with Crippen LogP contribution in [0.25, 0.3) is 22.2 Å². The summed E-state index contributed by atoms with van der Waals surface area (Å²) in [4.78, 5) is 0. The van der Waals surface area contributed by atoms with Crippen molar-refractivity contribution < 1.29 is 0 Å². The molecule has 2 heteroatoms. The summed E-state index contributed by atoms with van der Waals surface area (Å²) < 4.78 is 2.41. The monoisotopic (exact) mass is 305 g/mol. The van der Waals surface area contributed by atoms with Gasteiger partial charge >= 0.3 is 0 Å². The zero-order valence-electron chi connectivity index (χ0n) is 14.1. The molecule has 0 radical (unpaired) electrons. The molecule has 0 fully saturated rings. The number of rotatable bonds is 1. The first-order valence-electron chi connectivity index (χ1n) is 8.08. The molecule has 1 nitrogen and oxygen atoms in total. The lowest BCUT2D eigenvalue weighted by atomic mass is 10.1. The molecule has 1 unspecified atom stereocenters. The van der Waals surface area contributed by atoms with Crippen LogP contribution in [0.4, 0.5) is 0 Å². The number of hydrogen-bond acceptors (Lipinski definition) is 0. The van der Waals surface area contributed by atoms with Crippen LogP contribution in [-0.4, -0.2) is 12.6 Å². The smallest absolute Gasteiger partial charge is 0.0575 e. The fourth-order valence-electron chi connectivity index (χ4n) is 4.21. The average Bonchev–Trinajstić information content (AvgIpc) is 2.93. The Morgan fingerprint density at radius 2 is 1.73 bits per heavy atom. The van der Waals surface area contributed by atoms with Gasteiger partial charge in [0.05, 0.1) is 13.8 Å². The van der Waals surface area contributed by atoms with Crippen molar-refractivity contribution in [3.05, 3.63) is 59.2 Å². The molecule has 22 heavy (non-hydrogen) atoms. The molecule has 1 atom stereocenters. The van der Waals surface area contributed by atoms with Gasteiger partial charge in [0.1, 0.15) is 0 Å². The molecule has 1 aromatic heterocycles. The van der Waals surface area contributed by atoms with Crippen LogP contribution in [0.15, 0.2) is 42.5 Å². The predicted molar refractivity (Wildman–Crippen MR) is 98.3 cm³/mol. The Kier molecular flexibility index (Phi) is 2.74. The van der Waals surface area contributed by atoms with Crippen LogP contribution < -0.4 is 0 Å². The van der Waals surface area contributed by atoms with Gasteiger partial charge in [0, 0.05) is 29.1 Å². The van der Waals surface area contributed by atoms with Crippen molar-refractivity contribution in [2.75, 3.05) is 0 Å². The molecule has 1 heterocycles. The third-order valence-corrected chi connectivity index (χ3v) is 7.41. The summed E-state index contributed by atoms with van der Waals surface area (Å²) in [5.74, 6) is 0.